The fourth-order valence-electron chi connectivity index (χ4n) is 2.92. The lowest BCUT2D eigenvalue weighted by atomic mass is 10.0. The Morgan fingerprint density at radius 2 is 1.96 bits per heavy atom. The van der Waals surface area contributed by atoms with Crippen LogP contribution in [0.25, 0.3) is 0 Å². The molecule has 3 rings (SSSR count). The third kappa shape index (κ3) is 3.75. The van der Waals surface area contributed by atoms with E-state index in [1.807, 2.05) is 47.9 Å². The molecule has 1 aliphatic heterocycles. The third-order valence-corrected chi connectivity index (χ3v) is 5.57. The maximum atomic E-state index is 12.7. The molecule has 24 heavy (non-hydrogen) atoms. The van der Waals surface area contributed by atoms with Gasteiger partial charge in [-0.2, -0.15) is 0 Å². The van der Waals surface area contributed by atoms with Gasteiger partial charge >= 0.3 is 6.03 Å². The van der Waals surface area contributed by atoms with Crippen LogP contribution in [-0.2, 0) is 0 Å². The van der Waals surface area contributed by atoms with Crippen molar-refractivity contribution in [1.82, 2.24) is 4.90 Å². The number of nitrogens with one attached hydrogen (secondary N) is 1. The molecule has 0 spiro atoms. The minimum absolute atomic E-state index is 0.0245. The first-order valence-electron chi connectivity index (χ1n) is 8.40. The van der Waals surface area contributed by atoms with E-state index in [1.54, 1.807) is 0 Å². The van der Waals surface area contributed by atoms with E-state index in [4.69, 9.17) is 0 Å². The van der Waals surface area contributed by atoms with Crippen LogP contribution in [0.2, 0.25) is 0 Å². The van der Waals surface area contributed by atoms with E-state index >= 15 is 0 Å². The van der Waals surface area contributed by atoms with Gasteiger partial charge in [-0.25, -0.2) is 4.79 Å². The van der Waals surface area contributed by atoms with Gasteiger partial charge in [-0.3, -0.25) is 0 Å². The van der Waals surface area contributed by atoms with Crippen LogP contribution in [0.3, 0.4) is 0 Å². The lowest BCUT2D eigenvalue weighted by molar-refractivity contribution is 0.214. The number of benzene rings is 2. The molecule has 2 aromatic carbocycles. The van der Waals surface area contributed by atoms with Crippen molar-refractivity contribution >= 4 is 23.5 Å². The first-order valence-corrected chi connectivity index (χ1v) is 9.45. The molecule has 126 valence electrons. The van der Waals surface area contributed by atoms with E-state index < -0.39 is 0 Å². The summed E-state index contributed by atoms with van der Waals surface area (Å²) < 4.78 is 0. The fraction of sp³-hybridized carbons (Fsp3) is 0.350. The van der Waals surface area contributed by atoms with Crippen molar-refractivity contribution in [2.45, 2.75) is 32.1 Å². The zero-order chi connectivity index (χ0) is 17.1. The van der Waals surface area contributed by atoms with Gasteiger partial charge in [0.25, 0.3) is 0 Å². The predicted octanol–water partition coefficient (Wildman–Crippen LogP) is 5.40. The Labute approximate surface area is 148 Å². The Bertz CT molecular complexity index is 712. The van der Waals surface area contributed by atoms with Crippen LogP contribution in [0, 0.1) is 6.92 Å². The van der Waals surface area contributed by atoms with Gasteiger partial charge in [0.2, 0.25) is 0 Å². The van der Waals surface area contributed by atoms with Crippen LogP contribution < -0.4 is 5.32 Å². The number of thioether (sulfide) groups is 1. The fourth-order valence-corrected chi connectivity index (χ4v) is 4.17. The molecule has 0 bridgehead atoms. The predicted molar refractivity (Wildman–Crippen MR) is 103 cm³/mol. The van der Waals surface area contributed by atoms with Crippen LogP contribution >= 0.6 is 11.8 Å². The summed E-state index contributed by atoms with van der Waals surface area (Å²) in [7, 11) is 0. The highest BCUT2D eigenvalue weighted by Crippen LogP contribution is 2.38. The molecule has 0 aromatic heterocycles. The van der Waals surface area contributed by atoms with Gasteiger partial charge in [0.15, 0.2) is 0 Å². The zero-order valence-corrected chi connectivity index (χ0v) is 15.3. The SMILES string of the molecule is Cc1cccc(NC(=O)N2CCSC2c2ccc(C(C)C)cc2)c1. The summed E-state index contributed by atoms with van der Waals surface area (Å²) >= 11 is 1.82. The Hall–Kier alpha value is -1.94. The molecule has 1 unspecified atom stereocenters. The summed E-state index contributed by atoms with van der Waals surface area (Å²) in [5.74, 6) is 1.49. The van der Waals surface area contributed by atoms with Crippen LogP contribution in [0.4, 0.5) is 10.5 Å². The molecule has 2 amide bonds. The number of hydrogen-bond donors (Lipinski definition) is 1. The van der Waals surface area contributed by atoms with Gasteiger partial charge in [0.1, 0.15) is 5.37 Å². The highest BCUT2D eigenvalue weighted by atomic mass is 32.2. The maximum absolute atomic E-state index is 12.7. The molecule has 0 aliphatic carbocycles. The molecule has 1 saturated heterocycles. The molecule has 1 heterocycles. The molecule has 0 saturated carbocycles. The van der Waals surface area contributed by atoms with Crippen molar-refractivity contribution in [3.05, 3.63) is 65.2 Å². The number of amides is 2. The van der Waals surface area contributed by atoms with Crippen molar-refractivity contribution in [1.29, 1.82) is 0 Å². The highest BCUT2D eigenvalue weighted by Gasteiger charge is 2.30. The number of nitrogens with zero attached hydrogens (tertiary/aromatic N) is 1. The summed E-state index contributed by atoms with van der Waals surface area (Å²) in [6.07, 6.45) is 0. The van der Waals surface area contributed by atoms with Crippen LogP contribution in [0.5, 0.6) is 0 Å². The van der Waals surface area contributed by atoms with Crippen molar-refractivity contribution in [3.8, 4) is 0 Å². The maximum Gasteiger partial charge on any atom is 0.323 e. The molecule has 4 heteroatoms. The minimum Gasteiger partial charge on any atom is -0.308 e. The topological polar surface area (TPSA) is 32.3 Å². The molecule has 0 radical (unpaired) electrons. The lowest BCUT2D eigenvalue weighted by Crippen LogP contribution is -2.34. The van der Waals surface area contributed by atoms with Crippen LogP contribution in [0.1, 0.15) is 41.8 Å². The number of anilines is 1. The summed E-state index contributed by atoms with van der Waals surface area (Å²) in [4.78, 5) is 14.6. The molecular weight excluding hydrogens is 316 g/mol. The molecule has 1 fully saturated rings. The average Bonchev–Trinajstić information content (AvgIpc) is 3.04. The molecule has 3 nitrogen and oxygen atoms in total. The Balaban J connectivity index is 1.73. The number of carbonyl (C=O) groups excluding carboxylic acids is 1. The Morgan fingerprint density at radius 1 is 1.21 bits per heavy atom. The minimum atomic E-state index is -0.0245. The lowest BCUT2D eigenvalue weighted by Gasteiger charge is -2.25. The van der Waals surface area contributed by atoms with Crippen molar-refractivity contribution in [2.75, 3.05) is 17.6 Å². The summed E-state index contributed by atoms with van der Waals surface area (Å²) in [5.41, 5.74) is 4.52. The van der Waals surface area contributed by atoms with Gasteiger partial charge in [-0.1, -0.05) is 50.2 Å². The quantitative estimate of drug-likeness (QED) is 0.811. The second-order valence-corrected chi connectivity index (χ2v) is 7.73. The number of urea groups is 1. The van der Waals surface area contributed by atoms with E-state index in [0.29, 0.717) is 5.92 Å². The first kappa shape index (κ1) is 16.9. The normalized spacial score (nSPS) is 17.3. The monoisotopic (exact) mass is 340 g/mol. The average molecular weight is 340 g/mol. The number of hydrogen-bond acceptors (Lipinski definition) is 2. The van der Waals surface area contributed by atoms with Crippen LogP contribution in [0.15, 0.2) is 48.5 Å². The molecule has 1 N–H and O–H groups in total. The van der Waals surface area contributed by atoms with Crippen molar-refractivity contribution < 1.29 is 4.79 Å². The molecule has 1 aliphatic rings. The van der Waals surface area contributed by atoms with Gasteiger partial charge in [0, 0.05) is 18.0 Å². The Kier molecular flexibility index (Phi) is 5.14. The third-order valence-electron chi connectivity index (χ3n) is 4.31. The molecular formula is C20H24N2OS. The summed E-state index contributed by atoms with van der Waals surface area (Å²) in [6.45, 7) is 7.20. The standard InChI is InChI=1S/C20H24N2OS/c1-14(2)16-7-9-17(10-8-16)19-22(11-12-24-19)20(23)21-18-6-4-5-15(3)13-18/h4-10,13-14,19H,11-12H2,1-3H3,(H,21,23). The second kappa shape index (κ2) is 7.31. The molecule has 2 aromatic rings. The van der Waals surface area contributed by atoms with E-state index in [9.17, 15) is 4.79 Å². The van der Waals surface area contributed by atoms with E-state index in [-0.39, 0.29) is 11.4 Å². The second-order valence-electron chi connectivity index (χ2n) is 6.54. The largest absolute Gasteiger partial charge is 0.323 e. The first-order chi connectivity index (χ1) is 11.5. The van der Waals surface area contributed by atoms with E-state index in [0.717, 1.165) is 23.5 Å². The number of carbonyl (C=O) groups is 1. The summed E-state index contributed by atoms with van der Waals surface area (Å²) in [5, 5.41) is 3.12. The van der Waals surface area contributed by atoms with E-state index in [2.05, 4.69) is 43.4 Å². The number of aryl methyl sites for hydroxylation is 1. The smallest absolute Gasteiger partial charge is 0.308 e. The van der Waals surface area contributed by atoms with Gasteiger partial charge in [-0.05, 0) is 41.7 Å². The Morgan fingerprint density at radius 3 is 2.62 bits per heavy atom. The molecule has 1 atom stereocenters. The van der Waals surface area contributed by atoms with E-state index in [1.165, 1.54) is 11.1 Å². The zero-order valence-electron chi connectivity index (χ0n) is 14.5. The van der Waals surface area contributed by atoms with Crippen molar-refractivity contribution in [3.63, 3.8) is 0 Å². The number of rotatable bonds is 3. The summed E-state index contributed by atoms with van der Waals surface area (Å²) in [6, 6.07) is 16.6. The van der Waals surface area contributed by atoms with Gasteiger partial charge < -0.3 is 10.2 Å². The van der Waals surface area contributed by atoms with Crippen LogP contribution in [-0.4, -0.2) is 23.2 Å². The van der Waals surface area contributed by atoms with Crippen molar-refractivity contribution in [2.24, 2.45) is 0 Å². The highest BCUT2D eigenvalue weighted by molar-refractivity contribution is 7.99. The van der Waals surface area contributed by atoms with Gasteiger partial charge in [0.05, 0.1) is 0 Å². The van der Waals surface area contributed by atoms with Gasteiger partial charge in [-0.15, -0.1) is 11.8 Å².